The van der Waals surface area contributed by atoms with Crippen molar-refractivity contribution in [3.05, 3.63) is 35.2 Å². The Morgan fingerprint density at radius 2 is 2.35 bits per heavy atom. The molecule has 0 bridgehead atoms. The fraction of sp³-hybridized carbons (Fsp3) is 0.200. The quantitative estimate of drug-likeness (QED) is 0.505. The molecule has 2 rings (SSSR count). The van der Waals surface area contributed by atoms with E-state index in [4.69, 9.17) is 17.4 Å². The summed E-state index contributed by atoms with van der Waals surface area (Å²) < 4.78 is 1.95. The zero-order valence-corrected chi connectivity index (χ0v) is 10.8. The number of nitrogens with one attached hydrogen (secondary N) is 1. The summed E-state index contributed by atoms with van der Waals surface area (Å²) in [6.45, 7) is 0. The number of nitrogens with two attached hydrogens (primary N) is 1. The monoisotopic (exact) mass is 269 g/mol. The van der Waals surface area contributed by atoms with Gasteiger partial charge in [-0.2, -0.15) is 0 Å². The van der Waals surface area contributed by atoms with Gasteiger partial charge in [-0.25, -0.2) is 15.8 Å². The first-order chi connectivity index (χ1) is 8.20. The van der Waals surface area contributed by atoms with Crippen LogP contribution < -0.4 is 11.3 Å². The minimum atomic E-state index is 0.602. The molecule has 2 heterocycles. The number of nitrogens with zero attached hydrogens (tertiary/aromatic N) is 3. The topological polar surface area (TPSA) is 68.8 Å². The van der Waals surface area contributed by atoms with Crippen molar-refractivity contribution in [2.45, 2.75) is 10.9 Å². The van der Waals surface area contributed by atoms with Gasteiger partial charge in [0.25, 0.3) is 0 Å². The van der Waals surface area contributed by atoms with Gasteiger partial charge < -0.3 is 9.99 Å². The zero-order valence-electron chi connectivity index (χ0n) is 9.22. The number of aryl methyl sites for hydroxylation is 1. The van der Waals surface area contributed by atoms with E-state index in [0.29, 0.717) is 16.6 Å². The van der Waals surface area contributed by atoms with Gasteiger partial charge in [-0.15, -0.1) is 0 Å². The van der Waals surface area contributed by atoms with E-state index in [1.54, 1.807) is 30.1 Å². The van der Waals surface area contributed by atoms with Crippen molar-refractivity contribution in [3.63, 3.8) is 0 Å². The number of nitrogen functional groups attached to an aromatic ring is 1. The van der Waals surface area contributed by atoms with E-state index >= 15 is 0 Å². The molecule has 90 valence electrons. The molecule has 0 unspecified atom stereocenters. The molecular weight excluding hydrogens is 258 g/mol. The average molecular weight is 270 g/mol. The van der Waals surface area contributed by atoms with Gasteiger partial charge in [0, 0.05) is 25.2 Å². The SMILES string of the molecule is Cn1ccnc1SCc1nc(NN)ccc1Cl. The van der Waals surface area contributed by atoms with Gasteiger partial charge in [0.2, 0.25) is 0 Å². The van der Waals surface area contributed by atoms with Crippen LogP contribution in [0.15, 0.2) is 29.7 Å². The minimum absolute atomic E-state index is 0.602. The highest BCUT2D eigenvalue weighted by Crippen LogP contribution is 2.25. The molecule has 17 heavy (non-hydrogen) atoms. The lowest BCUT2D eigenvalue weighted by Crippen LogP contribution is -2.09. The average Bonchev–Trinajstić information content (AvgIpc) is 2.74. The number of thioether (sulfide) groups is 1. The molecule has 0 saturated carbocycles. The number of pyridine rings is 1. The first-order valence-corrected chi connectivity index (χ1v) is 6.29. The third kappa shape index (κ3) is 2.91. The Morgan fingerprint density at radius 3 is 3.00 bits per heavy atom. The summed E-state index contributed by atoms with van der Waals surface area (Å²) in [5, 5.41) is 1.56. The fourth-order valence-corrected chi connectivity index (χ4v) is 2.43. The molecule has 2 aromatic heterocycles. The van der Waals surface area contributed by atoms with Crippen LogP contribution in [0, 0.1) is 0 Å². The molecule has 0 aliphatic carbocycles. The largest absolute Gasteiger partial charge is 0.329 e. The van der Waals surface area contributed by atoms with E-state index in [0.717, 1.165) is 10.9 Å². The number of anilines is 1. The van der Waals surface area contributed by atoms with Crippen molar-refractivity contribution in [1.29, 1.82) is 0 Å². The van der Waals surface area contributed by atoms with Gasteiger partial charge in [-0.1, -0.05) is 23.4 Å². The highest BCUT2D eigenvalue weighted by molar-refractivity contribution is 7.98. The third-order valence-electron chi connectivity index (χ3n) is 2.18. The molecule has 0 aliphatic rings. The van der Waals surface area contributed by atoms with Gasteiger partial charge in [0.15, 0.2) is 5.16 Å². The summed E-state index contributed by atoms with van der Waals surface area (Å²) >= 11 is 7.64. The van der Waals surface area contributed by atoms with Crippen molar-refractivity contribution in [2.24, 2.45) is 12.9 Å². The Labute approximate surface area is 108 Å². The van der Waals surface area contributed by atoms with E-state index in [1.807, 2.05) is 17.8 Å². The molecule has 3 N–H and O–H groups in total. The smallest absolute Gasteiger partial charge is 0.168 e. The number of hydrazine groups is 1. The van der Waals surface area contributed by atoms with Gasteiger partial charge in [-0.3, -0.25) is 0 Å². The number of rotatable bonds is 4. The molecule has 0 saturated heterocycles. The Kier molecular flexibility index (Phi) is 3.88. The fourth-order valence-electron chi connectivity index (χ4n) is 1.29. The summed E-state index contributed by atoms with van der Waals surface area (Å²) in [4.78, 5) is 8.51. The number of hydrogen-bond acceptors (Lipinski definition) is 5. The second-order valence-corrected chi connectivity index (χ2v) is 4.73. The van der Waals surface area contributed by atoms with Crippen LogP contribution in [0.3, 0.4) is 0 Å². The van der Waals surface area contributed by atoms with E-state index in [-0.39, 0.29) is 0 Å². The molecule has 2 aromatic rings. The van der Waals surface area contributed by atoms with Gasteiger partial charge in [0.05, 0.1) is 10.7 Å². The molecule has 0 atom stereocenters. The predicted molar refractivity (Wildman–Crippen MR) is 69.8 cm³/mol. The molecule has 0 fully saturated rings. The van der Waals surface area contributed by atoms with Crippen molar-refractivity contribution in [3.8, 4) is 0 Å². The second-order valence-electron chi connectivity index (χ2n) is 3.38. The van der Waals surface area contributed by atoms with Crippen LogP contribution in [0.4, 0.5) is 5.82 Å². The summed E-state index contributed by atoms with van der Waals surface area (Å²) in [6, 6.07) is 3.51. The molecule has 5 nitrogen and oxygen atoms in total. The van der Waals surface area contributed by atoms with Crippen LogP contribution in [0.25, 0.3) is 0 Å². The van der Waals surface area contributed by atoms with Crippen molar-refractivity contribution >= 4 is 29.2 Å². The molecule has 0 radical (unpaired) electrons. The molecule has 0 aliphatic heterocycles. The van der Waals surface area contributed by atoms with E-state index in [1.165, 1.54) is 0 Å². The Morgan fingerprint density at radius 1 is 1.53 bits per heavy atom. The van der Waals surface area contributed by atoms with E-state index < -0.39 is 0 Å². The Balaban J connectivity index is 2.11. The van der Waals surface area contributed by atoms with Gasteiger partial charge in [0.1, 0.15) is 5.82 Å². The third-order valence-corrected chi connectivity index (χ3v) is 3.59. The lowest BCUT2D eigenvalue weighted by molar-refractivity contribution is 0.789. The first-order valence-electron chi connectivity index (χ1n) is 4.93. The Bertz CT molecular complexity index is 513. The maximum absolute atomic E-state index is 6.06. The van der Waals surface area contributed by atoms with Crippen molar-refractivity contribution in [1.82, 2.24) is 14.5 Å². The number of hydrogen-bond donors (Lipinski definition) is 2. The van der Waals surface area contributed by atoms with Crippen molar-refractivity contribution in [2.75, 3.05) is 5.43 Å². The maximum Gasteiger partial charge on any atom is 0.168 e. The molecule has 7 heteroatoms. The Hall–Kier alpha value is -1.24. The predicted octanol–water partition coefficient (Wildman–Crippen LogP) is 2.05. The van der Waals surface area contributed by atoms with Gasteiger partial charge >= 0.3 is 0 Å². The molecular formula is C10H12ClN5S. The van der Waals surface area contributed by atoms with Crippen LogP contribution in [0.1, 0.15) is 5.69 Å². The van der Waals surface area contributed by atoms with Crippen LogP contribution in [0.5, 0.6) is 0 Å². The highest BCUT2D eigenvalue weighted by atomic mass is 35.5. The number of halogens is 1. The lowest BCUT2D eigenvalue weighted by Gasteiger charge is -2.06. The first kappa shape index (κ1) is 12.2. The number of imidazole rings is 1. The molecule has 0 aromatic carbocycles. The summed E-state index contributed by atoms with van der Waals surface area (Å²) in [5.74, 6) is 6.56. The van der Waals surface area contributed by atoms with Crippen LogP contribution in [-0.4, -0.2) is 14.5 Å². The van der Waals surface area contributed by atoms with E-state index in [9.17, 15) is 0 Å². The summed E-state index contributed by atoms with van der Waals surface area (Å²) in [6.07, 6.45) is 3.66. The van der Waals surface area contributed by atoms with Crippen LogP contribution in [0.2, 0.25) is 5.02 Å². The summed E-state index contributed by atoms with van der Waals surface area (Å²) in [7, 11) is 1.95. The standard InChI is InChI=1S/C10H12ClN5S/c1-16-5-4-13-10(16)17-6-8-7(11)2-3-9(14-8)15-12/h2-5H,6,12H2,1H3,(H,14,15). The normalized spacial score (nSPS) is 10.5. The zero-order chi connectivity index (χ0) is 12.3. The second kappa shape index (κ2) is 5.39. The molecule has 0 spiro atoms. The van der Waals surface area contributed by atoms with Crippen LogP contribution >= 0.6 is 23.4 Å². The van der Waals surface area contributed by atoms with Crippen LogP contribution in [-0.2, 0) is 12.8 Å². The summed E-state index contributed by atoms with van der Waals surface area (Å²) in [5.41, 5.74) is 3.29. The molecule has 0 amide bonds. The van der Waals surface area contributed by atoms with Gasteiger partial charge in [-0.05, 0) is 12.1 Å². The van der Waals surface area contributed by atoms with Crippen molar-refractivity contribution < 1.29 is 0 Å². The number of aromatic nitrogens is 3. The highest BCUT2D eigenvalue weighted by Gasteiger charge is 2.06. The maximum atomic E-state index is 6.06. The lowest BCUT2D eigenvalue weighted by atomic mass is 10.4. The van der Waals surface area contributed by atoms with E-state index in [2.05, 4.69) is 15.4 Å². The minimum Gasteiger partial charge on any atom is -0.329 e.